The van der Waals surface area contributed by atoms with Crippen LogP contribution in [0.4, 0.5) is 4.39 Å². The van der Waals surface area contributed by atoms with Gasteiger partial charge in [0.05, 0.1) is 12.5 Å². The number of hydrogen-bond acceptors (Lipinski definition) is 5. The maximum absolute atomic E-state index is 13.1. The minimum absolute atomic E-state index is 0.0225. The second kappa shape index (κ2) is 10.9. The molecule has 0 bridgehead atoms. The largest absolute Gasteiger partial charge is 0.492 e. The molecule has 0 fully saturated rings. The van der Waals surface area contributed by atoms with E-state index in [1.54, 1.807) is 24.3 Å². The molecule has 9 heteroatoms. The normalized spacial score (nSPS) is 11.5. The van der Waals surface area contributed by atoms with Crippen molar-refractivity contribution in [2.45, 2.75) is 13.0 Å². The molecular weight excluding hydrogens is 415 g/mol. The molecule has 0 aliphatic heterocycles. The highest BCUT2D eigenvalue weighted by Crippen LogP contribution is 2.10. The summed E-state index contributed by atoms with van der Waals surface area (Å²) in [5.41, 5.74) is 5.82. The number of amides is 2. The number of rotatable bonds is 10. The topological polar surface area (TPSA) is 116 Å². The first-order chi connectivity index (χ1) is 15.4. The van der Waals surface area contributed by atoms with Crippen molar-refractivity contribution in [2.75, 3.05) is 13.2 Å². The van der Waals surface area contributed by atoms with Gasteiger partial charge in [-0.05, 0) is 42.3 Å². The summed E-state index contributed by atoms with van der Waals surface area (Å²) < 4.78 is 19.8. The van der Waals surface area contributed by atoms with Crippen LogP contribution in [0.1, 0.15) is 16.1 Å². The molecule has 0 aliphatic carbocycles. The molecule has 8 nitrogen and oxygen atoms in total. The molecular formula is C23H23FN4O4. The molecule has 0 aliphatic rings. The van der Waals surface area contributed by atoms with Crippen molar-refractivity contribution in [3.05, 3.63) is 94.2 Å². The maximum Gasteiger partial charge on any atom is 0.271 e. The molecule has 1 aromatic heterocycles. The number of ether oxygens (including phenoxy) is 1. The summed E-state index contributed by atoms with van der Waals surface area (Å²) in [7, 11) is 0. The number of halogens is 1. The molecule has 32 heavy (non-hydrogen) atoms. The molecule has 0 saturated carbocycles. The second-order valence-electron chi connectivity index (χ2n) is 7.08. The van der Waals surface area contributed by atoms with Gasteiger partial charge in [0.15, 0.2) is 0 Å². The predicted molar refractivity (Wildman–Crippen MR) is 116 cm³/mol. The van der Waals surface area contributed by atoms with Crippen LogP contribution in [0.2, 0.25) is 0 Å². The molecule has 3 aromatic rings. The summed E-state index contributed by atoms with van der Waals surface area (Å²) in [5.74, 6) is -1.55. The molecule has 0 radical (unpaired) electrons. The first kappa shape index (κ1) is 22.7. The van der Waals surface area contributed by atoms with Crippen LogP contribution in [0.5, 0.6) is 5.75 Å². The van der Waals surface area contributed by atoms with Gasteiger partial charge in [0, 0.05) is 12.6 Å². The van der Waals surface area contributed by atoms with Gasteiger partial charge >= 0.3 is 0 Å². The van der Waals surface area contributed by atoms with Crippen LogP contribution < -0.4 is 21.3 Å². The van der Waals surface area contributed by atoms with Gasteiger partial charge in [0.2, 0.25) is 5.91 Å². The third kappa shape index (κ3) is 6.49. The van der Waals surface area contributed by atoms with Gasteiger partial charge in [-0.25, -0.2) is 9.07 Å². The van der Waals surface area contributed by atoms with E-state index in [-0.39, 0.29) is 43.2 Å². The minimum atomic E-state index is -0.686. The highest BCUT2D eigenvalue weighted by atomic mass is 19.1. The molecule has 2 amide bonds. The van der Waals surface area contributed by atoms with Crippen LogP contribution in [0.3, 0.4) is 0 Å². The average molecular weight is 438 g/mol. The first-order valence-corrected chi connectivity index (χ1v) is 10.0. The van der Waals surface area contributed by atoms with E-state index in [4.69, 9.17) is 10.5 Å². The van der Waals surface area contributed by atoms with E-state index in [2.05, 4.69) is 10.4 Å². The molecule has 3 rings (SSSR count). The first-order valence-electron chi connectivity index (χ1n) is 10.0. The van der Waals surface area contributed by atoms with Crippen molar-refractivity contribution in [1.29, 1.82) is 0 Å². The van der Waals surface area contributed by atoms with E-state index >= 15 is 0 Å². The number of benzene rings is 2. The number of para-hydroxylation sites is 1. The van der Waals surface area contributed by atoms with Gasteiger partial charge < -0.3 is 15.8 Å². The SMILES string of the molecule is NC(=O)[C@@H](CNC(=O)c1ccc(=O)n(CCOc2ccccc2)n1)Cc1ccc(F)cc1. The van der Waals surface area contributed by atoms with Crippen LogP contribution in [-0.4, -0.2) is 34.7 Å². The van der Waals surface area contributed by atoms with Crippen LogP contribution in [0.15, 0.2) is 71.5 Å². The highest BCUT2D eigenvalue weighted by Gasteiger charge is 2.18. The summed E-state index contributed by atoms with van der Waals surface area (Å²) in [4.78, 5) is 36.3. The number of nitrogens with two attached hydrogens (primary N) is 1. The number of nitrogens with one attached hydrogen (secondary N) is 1. The number of nitrogens with zero attached hydrogens (tertiary/aromatic N) is 2. The Balaban J connectivity index is 1.58. The summed E-state index contributed by atoms with van der Waals surface area (Å²) in [6, 6.07) is 17.4. The van der Waals surface area contributed by atoms with Gasteiger partial charge in [0.1, 0.15) is 23.9 Å². The summed E-state index contributed by atoms with van der Waals surface area (Å²) in [5, 5.41) is 6.69. The molecule has 0 unspecified atom stereocenters. The quantitative estimate of drug-likeness (QED) is 0.498. The lowest BCUT2D eigenvalue weighted by Crippen LogP contribution is -2.38. The van der Waals surface area contributed by atoms with E-state index in [0.29, 0.717) is 5.75 Å². The number of hydrogen-bond donors (Lipinski definition) is 2. The smallest absolute Gasteiger partial charge is 0.271 e. The second-order valence-corrected chi connectivity index (χ2v) is 7.08. The Hall–Kier alpha value is -4.01. The number of carbonyl (C=O) groups is 2. The Morgan fingerprint density at radius 3 is 2.47 bits per heavy atom. The van der Waals surface area contributed by atoms with E-state index in [0.717, 1.165) is 10.2 Å². The molecule has 1 atom stereocenters. The highest BCUT2D eigenvalue weighted by molar-refractivity contribution is 5.92. The fraction of sp³-hybridized carbons (Fsp3) is 0.217. The summed E-state index contributed by atoms with van der Waals surface area (Å²) in [6.45, 7) is 0.330. The Morgan fingerprint density at radius 1 is 1.06 bits per heavy atom. The molecule has 2 aromatic carbocycles. The maximum atomic E-state index is 13.1. The van der Waals surface area contributed by atoms with Crippen molar-refractivity contribution in [1.82, 2.24) is 15.1 Å². The van der Waals surface area contributed by atoms with E-state index in [1.165, 1.54) is 24.3 Å². The fourth-order valence-corrected chi connectivity index (χ4v) is 2.98. The zero-order valence-electron chi connectivity index (χ0n) is 17.2. The summed E-state index contributed by atoms with van der Waals surface area (Å²) >= 11 is 0. The third-order valence-corrected chi connectivity index (χ3v) is 4.72. The van der Waals surface area contributed by atoms with Crippen LogP contribution in [0, 0.1) is 11.7 Å². The average Bonchev–Trinajstić information content (AvgIpc) is 2.79. The van der Waals surface area contributed by atoms with E-state index in [1.807, 2.05) is 18.2 Å². The zero-order valence-corrected chi connectivity index (χ0v) is 17.2. The fourth-order valence-electron chi connectivity index (χ4n) is 2.98. The van der Waals surface area contributed by atoms with Crippen molar-refractivity contribution >= 4 is 11.8 Å². The lowest BCUT2D eigenvalue weighted by Gasteiger charge is -2.15. The van der Waals surface area contributed by atoms with Crippen LogP contribution >= 0.6 is 0 Å². The lowest BCUT2D eigenvalue weighted by atomic mass is 9.98. The molecule has 166 valence electrons. The number of primary amides is 1. The predicted octanol–water partition coefficient (Wildman–Crippen LogP) is 1.54. The minimum Gasteiger partial charge on any atom is -0.492 e. The molecule has 1 heterocycles. The number of carbonyl (C=O) groups excluding carboxylic acids is 2. The van der Waals surface area contributed by atoms with Gasteiger partial charge in [0.25, 0.3) is 11.5 Å². The van der Waals surface area contributed by atoms with E-state index in [9.17, 15) is 18.8 Å². The van der Waals surface area contributed by atoms with Crippen molar-refractivity contribution in [3.63, 3.8) is 0 Å². The van der Waals surface area contributed by atoms with Crippen molar-refractivity contribution < 1.29 is 18.7 Å². The molecule has 0 saturated heterocycles. The van der Waals surface area contributed by atoms with Gasteiger partial charge in [-0.15, -0.1) is 0 Å². The van der Waals surface area contributed by atoms with Crippen molar-refractivity contribution in [3.8, 4) is 5.75 Å². The van der Waals surface area contributed by atoms with E-state index < -0.39 is 17.7 Å². The standard InChI is InChI=1S/C23H23FN4O4/c24-18-8-6-16(7-9-18)14-17(22(25)30)15-26-23(31)20-10-11-21(29)28(27-20)12-13-32-19-4-2-1-3-5-19/h1-11,17H,12-15H2,(H2,25,30)(H,26,31)/t17-/m1/s1. The van der Waals surface area contributed by atoms with Gasteiger partial charge in [-0.1, -0.05) is 30.3 Å². The van der Waals surface area contributed by atoms with Crippen molar-refractivity contribution in [2.24, 2.45) is 11.7 Å². The Bertz CT molecular complexity index is 1120. The van der Waals surface area contributed by atoms with Crippen LogP contribution in [-0.2, 0) is 17.8 Å². The Labute approximate surface area is 183 Å². The third-order valence-electron chi connectivity index (χ3n) is 4.72. The monoisotopic (exact) mass is 438 g/mol. The van der Waals surface area contributed by atoms with Gasteiger partial charge in [-0.2, -0.15) is 5.10 Å². The molecule has 3 N–H and O–H groups in total. The molecule has 0 spiro atoms. The van der Waals surface area contributed by atoms with Gasteiger partial charge in [-0.3, -0.25) is 14.4 Å². The lowest BCUT2D eigenvalue weighted by molar-refractivity contribution is -0.121. The Morgan fingerprint density at radius 2 is 1.78 bits per heavy atom. The number of aromatic nitrogens is 2. The zero-order chi connectivity index (χ0) is 22.9. The summed E-state index contributed by atoms with van der Waals surface area (Å²) in [6.07, 6.45) is 0.250. The Kier molecular flexibility index (Phi) is 7.69. The van der Waals surface area contributed by atoms with Crippen LogP contribution in [0.25, 0.3) is 0 Å².